The normalized spacial score (nSPS) is 12.4. The highest BCUT2D eigenvalue weighted by Gasteiger charge is 2.20. The van der Waals surface area contributed by atoms with Crippen molar-refractivity contribution in [3.63, 3.8) is 0 Å². The number of aromatic nitrogens is 1. The number of amides is 4. The Balaban J connectivity index is 1.42. The van der Waals surface area contributed by atoms with Crippen molar-refractivity contribution in [3.05, 3.63) is 71.7 Å². The number of halogens is 1. The molecule has 0 saturated carbocycles. The molecule has 8 nitrogen and oxygen atoms in total. The third kappa shape index (κ3) is 4.77. The van der Waals surface area contributed by atoms with Crippen LogP contribution in [0, 0.1) is 5.82 Å². The van der Waals surface area contributed by atoms with Crippen LogP contribution in [-0.4, -0.2) is 17.0 Å². The summed E-state index contributed by atoms with van der Waals surface area (Å²) in [6, 6.07) is 12.4. The van der Waals surface area contributed by atoms with Crippen LogP contribution in [0.5, 0.6) is 11.5 Å². The smallest absolute Gasteiger partial charge is 0.323 e. The number of urea groups is 2. The zero-order valence-electron chi connectivity index (χ0n) is 17.5. The first-order chi connectivity index (χ1) is 15.4. The van der Waals surface area contributed by atoms with Crippen molar-refractivity contribution >= 4 is 29.3 Å². The van der Waals surface area contributed by atoms with E-state index >= 15 is 0 Å². The highest BCUT2D eigenvalue weighted by atomic mass is 19.1. The predicted molar refractivity (Wildman–Crippen MR) is 120 cm³/mol. The first-order valence-corrected chi connectivity index (χ1v) is 10.1. The van der Waals surface area contributed by atoms with Gasteiger partial charge in [-0.15, -0.1) is 0 Å². The largest absolute Gasteiger partial charge is 0.454 e. The summed E-state index contributed by atoms with van der Waals surface area (Å²) in [4.78, 5) is 27.8. The average Bonchev–Trinajstić information content (AvgIpc) is 2.76. The predicted octanol–water partition coefficient (Wildman–Crippen LogP) is 5.42. The minimum Gasteiger partial charge on any atom is -0.454 e. The quantitative estimate of drug-likeness (QED) is 0.430. The zero-order chi connectivity index (χ0) is 22.7. The molecule has 32 heavy (non-hydrogen) atoms. The van der Waals surface area contributed by atoms with Gasteiger partial charge in [0.1, 0.15) is 11.6 Å². The van der Waals surface area contributed by atoms with E-state index in [9.17, 15) is 14.0 Å². The number of carbonyl (C=O) groups excluding carboxylic acids is 2. The van der Waals surface area contributed by atoms with Crippen LogP contribution >= 0.6 is 0 Å². The molecule has 0 fully saturated rings. The van der Waals surface area contributed by atoms with E-state index in [2.05, 4.69) is 40.1 Å². The minimum absolute atomic E-state index is 0.0227. The maximum absolute atomic E-state index is 14.6. The van der Waals surface area contributed by atoms with Gasteiger partial charge in [-0.1, -0.05) is 26.0 Å². The van der Waals surface area contributed by atoms with Crippen LogP contribution in [0.4, 0.5) is 31.2 Å². The van der Waals surface area contributed by atoms with Crippen LogP contribution in [0.1, 0.15) is 30.9 Å². The summed E-state index contributed by atoms with van der Waals surface area (Å²) < 4.78 is 20.3. The Morgan fingerprint density at radius 3 is 2.50 bits per heavy atom. The maximum atomic E-state index is 14.6. The fourth-order valence-electron chi connectivity index (χ4n) is 3.19. The van der Waals surface area contributed by atoms with E-state index in [-0.39, 0.29) is 24.0 Å². The standard InChI is InChI=1S/C23H22FN5O3/c1-13(2)14-3-5-15(6-4-14)27-23(31)28-16-7-8-20(18(24)11-16)32-19-9-10-25-21-17(19)12-26-22(30)29-21/h3-11,13H,12H2,1-2H3,(H2,27,28,31)(H2,25,26,29,30). The lowest BCUT2D eigenvalue weighted by Crippen LogP contribution is -2.34. The summed E-state index contributed by atoms with van der Waals surface area (Å²) in [5.74, 6) is 0.454. The summed E-state index contributed by atoms with van der Waals surface area (Å²) in [7, 11) is 0. The number of nitrogens with zero attached hydrogens (tertiary/aromatic N) is 1. The second-order valence-electron chi connectivity index (χ2n) is 7.55. The molecule has 0 spiro atoms. The van der Waals surface area contributed by atoms with E-state index in [1.165, 1.54) is 30.0 Å². The number of benzene rings is 2. The van der Waals surface area contributed by atoms with Crippen molar-refractivity contribution in [2.75, 3.05) is 16.0 Å². The van der Waals surface area contributed by atoms with Gasteiger partial charge in [0.15, 0.2) is 11.6 Å². The molecule has 4 rings (SSSR count). The molecule has 3 aromatic rings. The first kappa shape index (κ1) is 21.1. The molecule has 9 heteroatoms. The fraction of sp³-hybridized carbons (Fsp3) is 0.174. The number of hydrogen-bond acceptors (Lipinski definition) is 4. The van der Waals surface area contributed by atoms with Crippen molar-refractivity contribution in [3.8, 4) is 11.5 Å². The van der Waals surface area contributed by atoms with Crippen LogP contribution < -0.4 is 26.0 Å². The molecule has 2 heterocycles. The average molecular weight is 435 g/mol. The van der Waals surface area contributed by atoms with Gasteiger partial charge < -0.3 is 20.7 Å². The van der Waals surface area contributed by atoms with Crippen molar-refractivity contribution in [1.82, 2.24) is 10.3 Å². The monoisotopic (exact) mass is 435 g/mol. The Hall–Kier alpha value is -4.14. The van der Waals surface area contributed by atoms with E-state index in [0.717, 1.165) is 0 Å². The molecule has 0 bridgehead atoms. The van der Waals surface area contributed by atoms with Crippen molar-refractivity contribution < 1.29 is 18.7 Å². The summed E-state index contributed by atoms with van der Waals surface area (Å²) in [6.45, 7) is 4.40. The fourth-order valence-corrected chi connectivity index (χ4v) is 3.19. The first-order valence-electron chi connectivity index (χ1n) is 10.1. The zero-order valence-corrected chi connectivity index (χ0v) is 17.5. The second-order valence-corrected chi connectivity index (χ2v) is 7.55. The van der Waals surface area contributed by atoms with Gasteiger partial charge in [0.25, 0.3) is 0 Å². The number of carbonyl (C=O) groups is 2. The Morgan fingerprint density at radius 1 is 1.06 bits per heavy atom. The van der Waals surface area contributed by atoms with Gasteiger partial charge in [-0.25, -0.2) is 19.0 Å². The number of ether oxygens (including phenoxy) is 1. The van der Waals surface area contributed by atoms with E-state index in [1.54, 1.807) is 6.07 Å². The maximum Gasteiger partial charge on any atom is 0.323 e. The van der Waals surface area contributed by atoms with Gasteiger partial charge in [0.2, 0.25) is 0 Å². The SMILES string of the molecule is CC(C)c1ccc(NC(=O)Nc2ccc(Oc3ccnc4c3CNC(=O)N4)c(F)c2)cc1. The van der Waals surface area contributed by atoms with Gasteiger partial charge in [-0.3, -0.25) is 5.32 Å². The van der Waals surface area contributed by atoms with E-state index in [1.807, 2.05) is 24.3 Å². The minimum atomic E-state index is -0.651. The molecule has 0 aliphatic carbocycles. The number of pyridine rings is 1. The number of nitrogens with one attached hydrogen (secondary N) is 4. The van der Waals surface area contributed by atoms with Gasteiger partial charge in [0.05, 0.1) is 12.1 Å². The van der Waals surface area contributed by atoms with E-state index in [0.29, 0.717) is 28.7 Å². The van der Waals surface area contributed by atoms with Gasteiger partial charge in [-0.2, -0.15) is 0 Å². The molecule has 0 radical (unpaired) electrons. The topological polar surface area (TPSA) is 104 Å². The molecule has 4 N–H and O–H groups in total. The molecular weight excluding hydrogens is 413 g/mol. The molecule has 0 unspecified atom stereocenters. The highest BCUT2D eigenvalue weighted by molar-refractivity contribution is 5.99. The summed E-state index contributed by atoms with van der Waals surface area (Å²) in [5.41, 5.74) is 2.69. The molecule has 2 aromatic carbocycles. The molecule has 164 valence electrons. The van der Waals surface area contributed by atoms with Crippen molar-refractivity contribution in [1.29, 1.82) is 0 Å². The lowest BCUT2D eigenvalue weighted by molar-refractivity contribution is 0.250. The summed E-state index contributed by atoms with van der Waals surface area (Å²) >= 11 is 0. The number of rotatable bonds is 5. The molecule has 1 aromatic heterocycles. The van der Waals surface area contributed by atoms with E-state index in [4.69, 9.17) is 4.74 Å². The van der Waals surface area contributed by atoms with Crippen LogP contribution in [0.15, 0.2) is 54.7 Å². The molecule has 4 amide bonds. The van der Waals surface area contributed by atoms with Crippen LogP contribution in [-0.2, 0) is 6.54 Å². The van der Waals surface area contributed by atoms with Crippen LogP contribution in [0.25, 0.3) is 0 Å². The Kier molecular flexibility index (Phi) is 5.89. The summed E-state index contributed by atoms with van der Waals surface area (Å²) in [5, 5.41) is 10.5. The Morgan fingerprint density at radius 2 is 1.78 bits per heavy atom. The molecule has 1 aliphatic heterocycles. The lowest BCUT2D eigenvalue weighted by atomic mass is 10.0. The molecular formula is C23H22FN5O3. The highest BCUT2D eigenvalue weighted by Crippen LogP contribution is 2.32. The van der Waals surface area contributed by atoms with Crippen LogP contribution in [0.3, 0.4) is 0 Å². The van der Waals surface area contributed by atoms with Crippen molar-refractivity contribution in [2.24, 2.45) is 0 Å². The van der Waals surface area contributed by atoms with Gasteiger partial charge in [0, 0.05) is 23.6 Å². The van der Waals surface area contributed by atoms with Gasteiger partial charge >= 0.3 is 12.1 Å². The summed E-state index contributed by atoms with van der Waals surface area (Å²) in [6.07, 6.45) is 1.46. The third-order valence-corrected chi connectivity index (χ3v) is 4.92. The number of hydrogen-bond donors (Lipinski definition) is 4. The third-order valence-electron chi connectivity index (χ3n) is 4.92. The molecule has 0 saturated heterocycles. The van der Waals surface area contributed by atoms with Gasteiger partial charge in [-0.05, 0) is 41.8 Å². The van der Waals surface area contributed by atoms with E-state index < -0.39 is 11.8 Å². The Labute approximate surface area is 184 Å². The Bertz CT molecular complexity index is 1160. The number of fused-ring (bicyclic) bond motifs is 1. The molecule has 0 atom stereocenters. The molecule has 1 aliphatic rings. The van der Waals surface area contributed by atoms with Crippen LogP contribution in [0.2, 0.25) is 0 Å². The van der Waals surface area contributed by atoms with Crippen molar-refractivity contribution in [2.45, 2.75) is 26.3 Å². The second kappa shape index (κ2) is 8.93. The number of anilines is 3. The lowest BCUT2D eigenvalue weighted by Gasteiger charge is -2.20.